The Balaban J connectivity index is 1.96. The summed E-state index contributed by atoms with van der Waals surface area (Å²) in [7, 11) is 0. The van der Waals surface area contributed by atoms with Crippen LogP contribution >= 0.6 is 11.3 Å². The monoisotopic (exact) mass is 281 g/mol. The van der Waals surface area contributed by atoms with Gasteiger partial charge in [-0.05, 0) is 32.6 Å². The molecule has 0 unspecified atom stereocenters. The van der Waals surface area contributed by atoms with Crippen molar-refractivity contribution >= 4 is 22.4 Å². The fourth-order valence-electron chi connectivity index (χ4n) is 2.83. The van der Waals surface area contributed by atoms with Crippen LogP contribution < -0.4 is 11.1 Å². The minimum Gasteiger partial charge on any atom is -0.375 e. The molecule has 0 aromatic carbocycles. The molecule has 1 aromatic rings. The van der Waals surface area contributed by atoms with E-state index in [4.69, 9.17) is 5.73 Å². The fraction of sp³-hybridized carbons (Fsp3) is 0.714. The number of nitrogen functional groups attached to an aromatic ring is 1. The second-order valence-corrected chi connectivity index (χ2v) is 6.51. The lowest BCUT2D eigenvalue weighted by atomic mass is 9.93. The van der Waals surface area contributed by atoms with E-state index < -0.39 is 0 Å². The zero-order chi connectivity index (χ0) is 13.8. The summed E-state index contributed by atoms with van der Waals surface area (Å²) in [6, 6.07) is 0.230. The van der Waals surface area contributed by atoms with Gasteiger partial charge in [0.2, 0.25) is 0 Å². The van der Waals surface area contributed by atoms with Gasteiger partial charge in [-0.25, -0.2) is 4.98 Å². The standard InChI is InChI=1S/C14H23N3OS/c1-9(11-7-5-3-4-6-8-11)16-13(18)12-10(2)17-14(15)19-12/h9,11H,3-8H2,1-2H3,(H2,15,17)(H,16,18)/t9-/m0/s1. The lowest BCUT2D eigenvalue weighted by Crippen LogP contribution is -2.37. The van der Waals surface area contributed by atoms with Gasteiger partial charge in [0.1, 0.15) is 4.88 Å². The SMILES string of the molecule is Cc1nc(N)sc1C(=O)N[C@@H](C)C1CCCCCC1. The van der Waals surface area contributed by atoms with Gasteiger partial charge in [0.15, 0.2) is 5.13 Å². The van der Waals surface area contributed by atoms with Crippen molar-refractivity contribution in [2.75, 3.05) is 5.73 Å². The van der Waals surface area contributed by atoms with Crippen LogP contribution in [0.15, 0.2) is 0 Å². The second-order valence-electron chi connectivity index (χ2n) is 5.48. The van der Waals surface area contributed by atoms with E-state index in [1.807, 2.05) is 6.92 Å². The number of carbonyl (C=O) groups is 1. The van der Waals surface area contributed by atoms with Gasteiger partial charge in [0, 0.05) is 6.04 Å². The number of hydrogen-bond donors (Lipinski definition) is 2. The van der Waals surface area contributed by atoms with Crippen molar-refractivity contribution in [1.29, 1.82) is 0 Å². The molecule has 1 aliphatic carbocycles. The van der Waals surface area contributed by atoms with Gasteiger partial charge in [-0.2, -0.15) is 0 Å². The summed E-state index contributed by atoms with van der Waals surface area (Å²) in [5, 5.41) is 3.59. The summed E-state index contributed by atoms with van der Waals surface area (Å²) in [6.07, 6.45) is 7.70. The van der Waals surface area contributed by atoms with E-state index in [1.165, 1.54) is 49.9 Å². The number of rotatable bonds is 3. The smallest absolute Gasteiger partial charge is 0.263 e. The van der Waals surface area contributed by atoms with Crippen LogP contribution in [0.5, 0.6) is 0 Å². The van der Waals surface area contributed by atoms with Crippen molar-refractivity contribution in [1.82, 2.24) is 10.3 Å². The van der Waals surface area contributed by atoms with Crippen molar-refractivity contribution in [3.05, 3.63) is 10.6 Å². The molecule has 0 spiro atoms. The van der Waals surface area contributed by atoms with Gasteiger partial charge in [0.25, 0.3) is 5.91 Å². The molecule has 1 aromatic heterocycles. The van der Waals surface area contributed by atoms with E-state index in [-0.39, 0.29) is 11.9 Å². The molecule has 1 aliphatic rings. The number of amides is 1. The molecule has 1 heterocycles. The third-order valence-corrected chi connectivity index (χ3v) is 4.97. The minimum atomic E-state index is -0.0246. The summed E-state index contributed by atoms with van der Waals surface area (Å²) >= 11 is 1.27. The molecule has 3 N–H and O–H groups in total. The maximum absolute atomic E-state index is 12.2. The number of aryl methyl sites for hydroxylation is 1. The van der Waals surface area contributed by atoms with Crippen LogP contribution in [-0.4, -0.2) is 16.9 Å². The molecule has 1 saturated carbocycles. The average Bonchev–Trinajstić information content (AvgIpc) is 2.58. The number of nitrogens with zero attached hydrogens (tertiary/aromatic N) is 1. The van der Waals surface area contributed by atoms with Crippen LogP contribution in [0.2, 0.25) is 0 Å². The van der Waals surface area contributed by atoms with Gasteiger partial charge >= 0.3 is 0 Å². The van der Waals surface area contributed by atoms with E-state index >= 15 is 0 Å². The molecule has 0 bridgehead atoms. The third kappa shape index (κ3) is 3.69. The van der Waals surface area contributed by atoms with Crippen molar-refractivity contribution in [2.24, 2.45) is 5.92 Å². The summed E-state index contributed by atoms with van der Waals surface area (Å²) in [4.78, 5) is 17.0. The van der Waals surface area contributed by atoms with Crippen molar-refractivity contribution in [2.45, 2.75) is 58.4 Å². The molecule has 2 rings (SSSR count). The number of carbonyl (C=O) groups excluding carboxylic acids is 1. The molecule has 1 atom stereocenters. The fourth-order valence-corrected chi connectivity index (χ4v) is 3.57. The number of nitrogens with two attached hydrogens (primary N) is 1. The molecular weight excluding hydrogens is 258 g/mol. The average molecular weight is 281 g/mol. The quantitative estimate of drug-likeness (QED) is 0.836. The van der Waals surface area contributed by atoms with Crippen LogP contribution in [0, 0.1) is 12.8 Å². The van der Waals surface area contributed by atoms with E-state index in [9.17, 15) is 4.79 Å². The Bertz CT molecular complexity index is 436. The highest BCUT2D eigenvalue weighted by molar-refractivity contribution is 7.17. The molecular formula is C14H23N3OS. The summed E-state index contributed by atoms with van der Waals surface area (Å²) in [5.74, 6) is 0.584. The normalized spacial score (nSPS) is 18.8. The summed E-state index contributed by atoms with van der Waals surface area (Å²) in [6.45, 7) is 3.95. The Morgan fingerprint density at radius 3 is 2.53 bits per heavy atom. The molecule has 4 nitrogen and oxygen atoms in total. The highest BCUT2D eigenvalue weighted by Crippen LogP contribution is 2.26. The molecule has 0 aliphatic heterocycles. The van der Waals surface area contributed by atoms with Crippen LogP contribution in [0.4, 0.5) is 5.13 Å². The lowest BCUT2D eigenvalue weighted by Gasteiger charge is -2.23. The Morgan fingerprint density at radius 1 is 1.37 bits per heavy atom. The molecule has 19 heavy (non-hydrogen) atoms. The predicted octanol–water partition coefficient (Wildman–Crippen LogP) is 3.12. The maximum atomic E-state index is 12.2. The Morgan fingerprint density at radius 2 is 2.00 bits per heavy atom. The molecule has 5 heteroatoms. The van der Waals surface area contributed by atoms with Gasteiger partial charge in [-0.1, -0.05) is 37.0 Å². The Kier molecular flexibility index (Phi) is 4.80. The third-order valence-electron chi connectivity index (χ3n) is 3.99. The maximum Gasteiger partial charge on any atom is 0.263 e. The first kappa shape index (κ1) is 14.3. The van der Waals surface area contributed by atoms with E-state index in [2.05, 4.69) is 17.2 Å². The zero-order valence-electron chi connectivity index (χ0n) is 11.7. The predicted molar refractivity (Wildman–Crippen MR) is 79.4 cm³/mol. The van der Waals surface area contributed by atoms with Crippen molar-refractivity contribution in [3.63, 3.8) is 0 Å². The highest BCUT2D eigenvalue weighted by Gasteiger charge is 2.22. The first-order chi connectivity index (χ1) is 9.08. The first-order valence-corrected chi connectivity index (χ1v) is 7.93. The number of hydrogen-bond acceptors (Lipinski definition) is 4. The number of aromatic nitrogens is 1. The Hall–Kier alpha value is -1.10. The highest BCUT2D eigenvalue weighted by atomic mass is 32.1. The van der Waals surface area contributed by atoms with Crippen molar-refractivity contribution < 1.29 is 4.79 Å². The molecule has 1 amide bonds. The second kappa shape index (κ2) is 6.37. The molecule has 106 valence electrons. The molecule has 1 fully saturated rings. The van der Waals surface area contributed by atoms with Crippen LogP contribution in [0.1, 0.15) is 60.8 Å². The van der Waals surface area contributed by atoms with Gasteiger partial charge < -0.3 is 11.1 Å². The zero-order valence-corrected chi connectivity index (χ0v) is 12.6. The van der Waals surface area contributed by atoms with Crippen LogP contribution in [-0.2, 0) is 0 Å². The van der Waals surface area contributed by atoms with Crippen LogP contribution in [0.3, 0.4) is 0 Å². The van der Waals surface area contributed by atoms with Gasteiger partial charge in [-0.3, -0.25) is 4.79 Å². The molecule has 0 radical (unpaired) electrons. The minimum absolute atomic E-state index is 0.0246. The molecule has 0 saturated heterocycles. The number of anilines is 1. The van der Waals surface area contributed by atoms with Gasteiger partial charge in [0.05, 0.1) is 5.69 Å². The summed E-state index contributed by atoms with van der Waals surface area (Å²) < 4.78 is 0. The first-order valence-electron chi connectivity index (χ1n) is 7.11. The van der Waals surface area contributed by atoms with E-state index in [0.717, 1.165) is 5.69 Å². The Labute approximate surface area is 118 Å². The van der Waals surface area contributed by atoms with Crippen molar-refractivity contribution in [3.8, 4) is 0 Å². The van der Waals surface area contributed by atoms with Crippen LogP contribution in [0.25, 0.3) is 0 Å². The number of thiazole rings is 1. The number of nitrogens with one attached hydrogen (secondary N) is 1. The lowest BCUT2D eigenvalue weighted by molar-refractivity contribution is 0.0927. The topological polar surface area (TPSA) is 68.0 Å². The van der Waals surface area contributed by atoms with E-state index in [0.29, 0.717) is 15.9 Å². The summed E-state index contributed by atoms with van der Waals surface area (Å²) in [5.41, 5.74) is 6.37. The van der Waals surface area contributed by atoms with E-state index in [1.54, 1.807) is 0 Å². The van der Waals surface area contributed by atoms with Gasteiger partial charge in [-0.15, -0.1) is 0 Å². The largest absolute Gasteiger partial charge is 0.375 e.